The molecule has 0 radical (unpaired) electrons. The lowest BCUT2D eigenvalue weighted by atomic mass is 10.1. The fraction of sp³-hybridized carbons (Fsp3) is 0.385. The van der Waals surface area contributed by atoms with Crippen molar-refractivity contribution in [2.24, 2.45) is 0 Å². The van der Waals surface area contributed by atoms with Crippen molar-refractivity contribution in [1.29, 1.82) is 0 Å². The summed E-state index contributed by atoms with van der Waals surface area (Å²) in [6.07, 6.45) is 0.448. The number of aromatic carboxylic acids is 1. The van der Waals surface area contributed by atoms with Gasteiger partial charge in [-0.1, -0.05) is 13.0 Å². The third-order valence-electron chi connectivity index (χ3n) is 2.62. The van der Waals surface area contributed by atoms with E-state index >= 15 is 0 Å². The first-order valence-corrected chi connectivity index (χ1v) is 7.91. The Morgan fingerprint density at radius 3 is 2.50 bits per heavy atom. The van der Waals surface area contributed by atoms with Crippen LogP contribution in [0.4, 0.5) is 5.69 Å². The van der Waals surface area contributed by atoms with Crippen LogP contribution in [0.25, 0.3) is 0 Å². The van der Waals surface area contributed by atoms with Crippen molar-refractivity contribution in [2.75, 3.05) is 16.8 Å². The molecule has 0 aliphatic carbocycles. The summed E-state index contributed by atoms with van der Waals surface area (Å²) in [5, 5.41) is 11.4. The molecule has 0 saturated heterocycles. The lowest BCUT2D eigenvalue weighted by Crippen LogP contribution is -2.24. The second-order valence-corrected chi connectivity index (χ2v) is 6.66. The van der Waals surface area contributed by atoms with Gasteiger partial charge in [-0.15, -0.1) is 0 Å². The number of aryl methyl sites for hydroxylation is 1. The van der Waals surface area contributed by atoms with E-state index in [1.165, 1.54) is 12.1 Å². The third kappa shape index (κ3) is 4.65. The standard InChI is InChI=1S/C13H17NO5S/c1-3-6-20(18,19)8-12(15)14-10-5-4-9(2)11(7-10)13(16)17/h4-5,7H,3,6,8H2,1-2H3,(H,14,15)(H,16,17). The summed E-state index contributed by atoms with van der Waals surface area (Å²) in [4.78, 5) is 22.6. The highest BCUT2D eigenvalue weighted by Gasteiger charge is 2.16. The van der Waals surface area contributed by atoms with Crippen LogP contribution in [0.3, 0.4) is 0 Å². The van der Waals surface area contributed by atoms with Crippen molar-refractivity contribution in [3.63, 3.8) is 0 Å². The number of hydrogen-bond donors (Lipinski definition) is 2. The van der Waals surface area contributed by atoms with Crippen LogP contribution < -0.4 is 5.32 Å². The van der Waals surface area contributed by atoms with Crippen LogP contribution >= 0.6 is 0 Å². The van der Waals surface area contributed by atoms with E-state index in [1.807, 2.05) is 0 Å². The number of nitrogens with one attached hydrogen (secondary N) is 1. The van der Waals surface area contributed by atoms with Gasteiger partial charge in [-0.05, 0) is 31.0 Å². The minimum absolute atomic E-state index is 0.0469. The number of hydrogen-bond acceptors (Lipinski definition) is 4. The molecule has 1 aromatic carbocycles. The van der Waals surface area contributed by atoms with Gasteiger partial charge in [0.25, 0.3) is 0 Å². The van der Waals surface area contributed by atoms with Crippen molar-refractivity contribution >= 4 is 27.4 Å². The van der Waals surface area contributed by atoms with E-state index in [2.05, 4.69) is 5.32 Å². The Morgan fingerprint density at radius 1 is 1.30 bits per heavy atom. The molecule has 0 spiro atoms. The molecule has 1 amide bonds. The number of carbonyl (C=O) groups excluding carboxylic acids is 1. The predicted molar refractivity (Wildman–Crippen MR) is 75.7 cm³/mol. The lowest BCUT2D eigenvalue weighted by molar-refractivity contribution is -0.113. The zero-order chi connectivity index (χ0) is 15.3. The highest BCUT2D eigenvalue weighted by molar-refractivity contribution is 7.92. The van der Waals surface area contributed by atoms with Crippen molar-refractivity contribution in [2.45, 2.75) is 20.3 Å². The minimum atomic E-state index is -3.41. The van der Waals surface area contributed by atoms with Gasteiger partial charge in [0.15, 0.2) is 9.84 Å². The number of rotatable bonds is 6. The molecule has 1 rings (SSSR count). The van der Waals surface area contributed by atoms with Crippen LogP contribution in [-0.2, 0) is 14.6 Å². The van der Waals surface area contributed by atoms with Crippen molar-refractivity contribution in [3.8, 4) is 0 Å². The van der Waals surface area contributed by atoms with Crippen LogP contribution in [0.1, 0.15) is 29.3 Å². The molecule has 1 aromatic rings. The van der Waals surface area contributed by atoms with Gasteiger partial charge in [-0.3, -0.25) is 4.79 Å². The smallest absolute Gasteiger partial charge is 0.336 e. The van der Waals surface area contributed by atoms with E-state index in [1.54, 1.807) is 19.9 Å². The van der Waals surface area contributed by atoms with Gasteiger partial charge in [0.05, 0.1) is 11.3 Å². The van der Waals surface area contributed by atoms with E-state index in [9.17, 15) is 18.0 Å². The maximum atomic E-state index is 11.6. The number of anilines is 1. The summed E-state index contributed by atoms with van der Waals surface area (Å²) in [7, 11) is -3.41. The quantitative estimate of drug-likeness (QED) is 0.828. The van der Waals surface area contributed by atoms with Crippen molar-refractivity contribution in [1.82, 2.24) is 0 Å². The Balaban J connectivity index is 2.82. The first kappa shape index (κ1) is 16.2. The SMILES string of the molecule is CCCS(=O)(=O)CC(=O)Nc1ccc(C)c(C(=O)O)c1. The second kappa shape index (κ2) is 6.51. The Hall–Kier alpha value is -1.89. The van der Waals surface area contributed by atoms with Crippen LogP contribution in [0, 0.1) is 6.92 Å². The highest BCUT2D eigenvalue weighted by Crippen LogP contribution is 2.15. The maximum Gasteiger partial charge on any atom is 0.336 e. The molecule has 0 bridgehead atoms. The Morgan fingerprint density at radius 2 is 1.95 bits per heavy atom. The molecule has 6 nitrogen and oxygen atoms in total. The number of amides is 1. The van der Waals surface area contributed by atoms with Crippen LogP contribution in [0.2, 0.25) is 0 Å². The van der Waals surface area contributed by atoms with E-state index in [4.69, 9.17) is 5.11 Å². The van der Waals surface area contributed by atoms with Gasteiger partial charge >= 0.3 is 5.97 Å². The second-order valence-electron chi connectivity index (χ2n) is 4.48. The topological polar surface area (TPSA) is 101 Å². The third-order valence-corrected chi connectivity index (χ3v) is 4.35. The summed E-state index contributed by atoms with van der Waals surface area (Å²) < 4.78 is 23.0. The van der Waals surface area contributed by atoms with Gasteiger partial charge in [0.1, 0.15) is 5.75 Å². The van der Waals surface area contributed by atoms with Gasteiger partial charge < -0.3 is 10.4 Å². The van der Waals surface area contributed by atoms with Crippen molar-refractivity contribution < 1.29 is 23.1 Å². The summed E-state index contributed by atoms with van der Waals surface area (Å²) in [5.41, 5.74) is 0.901. The minimum Gasteiger partial charge on any atom is -0.478 e. The molecule has 2 N–H and O–H groups in total. The molecule has 0 atom stereocenters. The van der Waals surface area contributed by atoms with Crippen LogP contribution in [0.15, 0.2) is 18.2 Å². The van der Waals surface area contributed by atoms with Crippen LogP contribution in [0.5, 0.6) is 0 Å². The Labute approximate surface area is 117 Å². The molecule has 0 unspecified atom stereocenters. The molecule has 110 valence electrons. The number of carboxylic acids is 1. The fourth-order valence-electron chi connectivity index (χ4n) is 1.71. The van der Waals surface area contributed by atoms with Crippen molar-refractivity contribution in [3.05, 3.63) is 29.3 Å². The van der Waals surface area contributed by atoms with E-state index in [0.717, 1.165) is 0 Å². The zero-order valence-corrected chi connectivity index (χ0v) is 12.2. The summed E-state index contributed by atoms with van der Waals surface area (Å²) in [6.45, 7) is 3.36. The lowest BCUT2D eigenvalue weighted by Gasteiger charge is -2.08. The number of carboxylic acid groups (broad SMARTS) is 1. The first-order valence-electron chi connectivity index (χ1n) is 6.09. The van der Waals surface area contributed by atoms with E-state index < -0.39 is 27.5 Å². The van der Waals surface area contributed by atoms with E-state index in [0.29, 0.717) is 12.0 Å². The summed E-state index contributed by atoms with van der Waals surface area (Å²) in [6, 6.07) is 4.40. The van der Waals surface area contributed by atoms with Crippen LogP contribution in [-0.4, -0.2) is 36.9 Å². The predicted octanol–water partition coefficient (Wildman–Crippen LogP) is 1.46. The van der Waals surface area contributed by atoms with Gasteiger partial charge in [0, 0.05) is 5.69 Å². The average molecular weight is 299 g/mol. The zero-order valence-electron chi connectivity index (χ0n) is 11.3. The number of benzene rings is 1. The normalized spacial score (nSPS) is 11.1. The number of carbonyl (C=O) groups is 2. The van der Waals surface area contributed by atoms with Gasteiger partial charge in [0.2, 0.25) is 5.91 Å². The van der Waals surface area contributed by atoms with E-state index in [-0.39, 0.29) is 17.0 Å². The fourth-order valence-corrected chi connectivity index (χ4v) is 2.95. The van der Waals surface area contributed by atoms with Gasteiger partial charge in [-0.25, -0.2) is 13.2 Å². The average Bonchev–Trinajstić information content (AvgIpc) is 2.30. The molecule has 0 heterocycles. The molecule has 0 aliphatic rings. The molecule has 20 heavy (non-hydrogen) atoms. The summed E-state index contributed by atoms with van der Waals surface area (Å²) >= 11 is 0. The highest BCUT2D eigenvalue weighted by atomic mass is 32.2. The molecule has 0 fully saturated rings. The molecule has 0 aromatic heterocycles. The molecular weight excluding hydrogens is 282 g/mol. The maximum absolute atomic E-state index is 11.6. The number of sulfone groups is 1. The molecule has 7 heteroatoms. The summed E-state index contributed by atoms with van der Waals surface area (Å²) in [5.74, 6) is -2.41. The largest absolute Gasteiger partial charge is 0.478 e. The Kier molecular flexibility index (Phi) is 5.26. The Bertz CT molecular complexity index is 622. The molecule has 0 saturated carbocycles. The molecular formula is C13H17NO5S. The van der Waals surface area contributed by atoms with Gasteiger partial charge in [-0.2, -0.15) is 0 Å². The molecule has 0 aliphatic heterocycles. The first-order chi connectivity index (χ1) is 9.25. The monoisotopic (exact) mass is 299 g/mol.